The fraction of sp³-hybridized carbons (Fsp3) is 0.500. The van der Waals surface area contributed by atoms with E-state index in [1.807, 2.05) is 31.2 Å². The van der Waals surface area contributed by atoms with Gasteiger partial charge in [-0.2, -0.15) is 0 Å². The van der Waals surface area contributed by atoms with E-state index in [0.717, 1.165) is 62.7 Å². The van der Waals surface area contributed by atoms with E-state index >= 15 is 0 Å². The summed E-state index contributed by atoms with van der Waals surface area (Å²) in [4.78, 5) is 0. The summed E-state index contributed by atoms with van der Waals surface area (Å²) < 4.78 is 35.6. The van der Waals surface area contributed by atoms with Crippen LogP contribution in [0.25, 0.3) is 11.1 Å². The summed E-state index contributed by atoms with van der Waals surface area (Å²) in [6.45, 7) is 5.02. The number of unbranched alkanes of at least 4 members (excludes halogenated alkanes) is 2. The highest BCUT2D eigenvalue weighted by molar-refractivity contribution is 5.65. The molecule has 0 amide bonds. The highest BCUT2D eigenvalue weighted by Gasteiger charge is 2.25. The molecule has 0 spiro atoms. The molecule has 31 heavy (non-hydrogen) atoms. The van der Waals surface area contributed by atoms with Crippen molar-refractivity contribution in [3.8, 4) is 11.1 Å². The van der Waals surface area contributed by atoms with E-state index < -0.39 is 0 Å². The van der Waals surface area contributed by atoms with Gasteiger partial charge in [-0.1, -0.05) is 56.2 Å². The van der Waals surface area contributed by atoms with Gasteiger partial charge in [0.1, 0.15) is 11.6 Å². The van der Waals surface area contributed by atoms with Gasteiger partial charge in [-0.3, -0.25) is 0 Å². The number of rotatable bonds is 10. The monoisotopic (exact) mass is 426 g/mol. The van der Waals surface area contributed by atoms with Gasteiger partial charge in [0.2, 0.25) is 0 Å². The number of allylic oxidation sites excluding steroid dienone is 2. The molecule has 0 aliphatic heterocycles. The molecule has 0 bridgehead atoms. The quantitative estimate of drug-likeness (QED) is 0.274. The van der Waals surface area contributed by atoms with E-state index in [0.29, 0.717) is 17.2 Å². The number of aryl methyl sites for hydroxylation is 1. The van der Waals surface area contributed by atoms with Crippen LogP contribution in [0.1, 0.15) is 82.3 Å². The van der Waals surface area contributed by atoms with Crippen LogP contribution in [0.2, 0.25) is 0 Å². The standard InChI is InChI=1S/C28H36F2O/c1-3-5-7-9-21-10-16-26(27(29)19-21)23-13-17-25(28(30)20-23)22-11-14-24(15-12-22)31-18-8-6-4-2/h3,5,10,13,16-17,19-20,22,24H,4,6-9,11-12,14-15,18H2,1-2H3/b5-3+. The van der Waals surface area contributed by atoms with Gasteiger partial charge in [0.05, 0.1) is 6.10 Å². The first kappa shape index (κ1) is 23.7. The van der Waals surface area contributed by atoms with Crippen molar-refractivity contribution in [2.75, 3.05) is 6.61 Å². The van der Waals surface area contributed by atoms with Crippen molar-refractivity contribution < 1.29 is 13.5 Å². The van der Waals surface area contributed by atoms with E-state index in [4.69, 9.17) is 4.74 Å². The molecule has 0 atom stereocenters. The summed E-state index contributed by atoms with van der Waals surface area (Å²) in [7, 11) is 0. The van der Waals surface area contributed by atoms with Crippen LogP contribution < -0.4 is 0 Å². The minimum atomic E-state index is -0.286. The lowest BCUT2D eigenvalue weighted by Gasteiger charge is -2.29. The maximum Gasteiger partial charge on any atom is 0.131 e. The zero-order valence-corrected chi connectivity index (χ0v) is 19.0. The lowest BCUT2D eigenvalue weighted by molar-refractivity contribution is 0.0225. The molecule has 1 nitrogen and oxygen atoms in total. The summed E-state index contributed by atoms with van der Waals surface area (Å²) in [5, 5.41) is 0. The van der Waals surface area contributed by atoms with Gasteiger partial charge in [-0.25, -0.2) is 8.78 Å². The first-order valence-electron chi connectivity index (χ1n) is 11.9. The minimum Gasteiger partial charge on any atom is -0.378 e. The molecule has 168 valence electrons. The molecule has 0 aromatic heterocycles. The number of benzene rings is 2. The van der Waals surface area contributed by atoms with Crippen LogP contribution in [0.4, 0.5) is 8.78 Å². The third-order valence-electron chi connectivity index (χ3n) is 6.40. The predicted molar refractivity (Wildman–Crippen MR) is 125 cm³/mol. The first-order chi connectivity index (χ1) is 15.1. The maximum atomic E-state index is 15.0. The van der Waals surface area contributed by atoms with Crippen LogP contribution in [0.5, 0.6) is 0 Å². The summed E-state index contributed by atoms with van der Waals surface area (Å²) in [5.41, 5.74) is 2.79. The van der Waals surface area contributed by atoms with Crippen molar-refractivity contribution in [2.45, 2.75) is 83.7 Å². The van der Waals surface area contributed by atoms with Crippen molar-refractivity contribution in [2.24, 2.45) is 0 Å². The van der Waals surface area contributed by atoms with Crippen molar-refractivity contribution in [3.63, 3.8) is 0 Å². The topological polar surface area (TPSA) is 9.23 Å². The molecule has 0 saturated heterocycles. The minimum absolute atomic E-state index is 0.221. The SMILES string of the molecule is C/C=C/CCc1ccc(-c2ccc(C3CCC(OCCCCC)CC3)c(F)c2)c(F)c1. The van der Waals surface area contributed by atoms with Crippen LogP contribution in [0, 0.1) is 11.6 Å². The molecular weight excluding hydrogens is 390 g/mol. The zero-order chi connectivity index (χ0) is 22.1. The number of halogens is 2. The van der Waals surface area contributed by atoms with Gasteiger partial charge in [-0.05, 0) is 86.6 Å². The molecule has 1 aliphatic carbocycles. The van der Waals surface area contributed by atoms with Crippen LogP contribution >= 0.6 is 0 Å². The molecular formula is C28H36F2O. The number of ether oxygens (including phenoxy) is 1. The van der Waals surface area contributed by atoms with Crippen LogP contribution in [-0.4, -0.2) is 12.7 Å². The Morgan fingerprint density at radius 3 is 2.45 bits per heavy atom. The summed E-state index contributed by atoms with van der Waals surface area (Å²) >= 11 is 0. The number of hydrogen-bond acceptors (Lipinski definition) is 1. The van der Waals surface area contributed by atoms with Gasteiger partial charge in [0.15, 0.2) is 0 Å². The molecule has 2 aromatic carbocycles. The van der Waals surface area contributed by atoms with E-state index in [2.05, 4.69) is 13.0 Å². The second-order valence-electron chi connectivity index (χ2n) is 8.71. The Kier molecular flexibility index (Phi) is 9.27. The highest BCUT2D eigenvalue weighted by Crippen LogP contribution is 2.37. The van der Waals surface area contributed by atoms with E-state index in [9.17, 15) is 8.78 Å². The Balaban J connectivity index is 1.60. The molecule has 0 heterocycles. The lowest BCUT2D eigenvalue weighted by atomic mass is 9.82. The fourth-order valence-corrected chi connectivity index (χ4v) is 4.53. The fourth-order valence-electron chi connectivity index (χ4n) is 4.53. The Labute approximate surface area is 186 Å². The van der Waals surface area contributed by atoms with E-state index in [-0.39, 0.29) is 17.6 Å². The molecule has 3 heteroatoms. The first-order valence-corrected chi connectivity index (χ1v) is 11.9. The van der Waals surface area contributed by atoms with Crippen LogP contribution in [0.3, 0.4) is 0 Å². The molecule has 2 aromatic rings. The van der Waals surface area contributed by atoms with Crippen LogP contribution in [-0.2, 0) is 11.2 Å². The second-order valence-corrected chi connectivity index (χ2v) is 8.71. The van der Waals surface area contributed by atoms with Gasteiger partial charge < -0.3 is 4.74 Å². The molecule has 1 fully saturated rings. The van der Waals surface area contributed by atoms with Crippen LogP contribution in [0.15, 0.2) is 48.6 Å². The van der Waals surface area contributed by atoms with E-state index in [1.165, 1.54) is 18.9 Å². The Morgan fingerprint density at radius 1 is 0.968 bits per heavy atom. The molecule has 0 unspecified atom stereocenters. The molecule has 1 aliphatic rings. The van der Waals surface area contributed by atoms with Crippen molar-refractivity contribution in [3.05, 3.63) is 71.3 Å². The van der Waals surface area contributed by atoms with Gasteiger partial charge >= 0.3 is 0 Å². The molecule has 0 radical (unpaired) electrons. The normalized spacial score (nSPS) is 19.2. The Morgan fingerprint density at radius 2 is 1.77 bits per heavy atom. The third kappa shape index (κ3) is 6.74. The average Bonchev–Trinajstić information content (AvgIpc) is 2.78. The smallest absolute Gasteiger partial charge is 0.131 e. The average molecular weight is 427 g/mol. The van der Waals surface area contributed by atoms with Crippen molar-refractivity contribution in [1.82, 2.24) is 0 Å². The number of hydrogen-bond donors (Lipinski definition) is 0. The zero-order valence-electron chi connectivity index (χ0n) is 19.0. The molecule has 1 saturated carbocycles. The summed E-state index contributed by atoms with van der Waals surface area (Å²) in [6.07, 6.45) is 13.5. The summed E-state index contributed by atoms with van der Waals surface area (Å²) in [6, 6.07) is 10.5. The maximum absolute atomic E-state index is 15.0. The lowest BCUT2D eigenvalue weighted by Crippen LogP contribution is -2.21. The second kappa shape index (κ2) is 12.1. The molecule has 3 rings (SSSR count). The largest absolute Gasteiger partial charge is 0.378 e. The van der Waals surface area contributed by atoms with Crippen molar-refractivity contribution >= 4 is 0 Å². The van der Waals surface area contributed by atoms with Crippen molar-refractivity contribution in [1.29, 1.82) is 0 Å². The predicted octanol–water partition coefficient (Wildman–Crippen LogP) is 8.37. The Bertz CT molecular complexity index is 850. The Hall–Kier alpha value is -2.00. The van der Waals surface area contributed by atoms with E-state index in [1.54, 1.807) is 12.1 Å². The summed E-state index contributed by atoms with van der Waals surface area (Å²) in [5.74, 6) is -0.282. The highest BCUT2D eigenvalue weighted by atomic mass is 19.1. The third-order valence-corrected chi connectivity index (χ3v) is 6.40. The van der Waals surface area contributed by atoms with Gasteiger partial charge in [0.25, 0.3) is 0 Å². The van der Waals surface area contributed by atoms with Gasteiger partial charge in [0, 0.05) is 12.2 Å². The molecule has 0 N–H and O–H groups in total. The van der Waals surface area contributed by atoms with Gasteiger partial charge in [-0.15, -0.1) is 0 Å².